The second kappa shape index (κ2) is 9.98. The highest BCUT2D eigenvalue weighted by Crippen LogP contribution is 2.38. The number of nitrogens with zero attached hydrogens (tertiary/aromatic N) is 4. The molecule has 3 heterocycles. The van der Waals surface area contributed by atoms with Gasteiger partial charge in [0, 0.05) is 30.8 Å². The molecule has 0 spiro atoms. The van der Waals surface area contributed by atoms with Crippen LogP contribution >= 0.6 is 0 Å². The predicted octanol–water partition coefficient (Wildman–Crippen LogP) is 4.37. The number of aromatic nitrogens is 3. The largest absolute Gasteiger partial charge is 0.460 e. The van der Waals surface area contributed by atoms with E-state index in [0.29, 0.717) is 36.6 Å². The summed E-state index contributed by atoms with van der Waals surface area (Å²) in [4.78, 5) is 29.9. The highest BCUT2D eigenvalue weighted by atomic mass is 16.6. The van der Waals surface area contributed by atoms with E-state index in [2.05, 4.69) is 20.2 Å². The molecule has 0 unspecified atom stereocenters. The Balaban J connectivity index is 1.25. The van der Waals surface area contributed by atoms with E-state index in [1.807, 2.05) is 75.4 Å². The summed E-state index contributed by atoms with van der Waals surface area (Å²) in [5.41, 5.74) is 2.44. The maximum absolute atomic E-state index is 12.2. The van der Waals surface area contributed by atoms with Gasteiger partial charge in [-0.3, -0.25) is 14.5 Å². The summed E-state index contributed by atoms with van der Waals surface area (Å²) in [6, 6.07) is 16.9. The molecule has 2 aromatic heterocycles. The fourth-order valence-corrected chi connectivity index (χ4v) is 4.04. The SMILES string of the molecule is CC(C)(C)OC(=O)C1CN(Cc2ccc(-c3noc(-c4onc(-c5ccccc5)c4OC=O)n3)cc2)C1. The van der Waals surface area contributed by atoms with E-state index < -0.39 is 5.60 Å². The second-order valence-electron chi connectivity index (χ2n) is 9.81. The van der Waals surface area contributed by atoms with Gasteiger partial charge in [0.1, 0.15) is 5.60 Å². The van der Waals surface area contributed by atoms with Gasteiger partial charge in [0.05, 0.1) is 5.92 Å². The number of esters is 1. The van der Waals surface area contributed by atoms with E-state index in [1.165, 1.54) is 0 Å². The van der Waals surface area contributed by atoms with Gasteiger partial charge in [0.25, 0.3) is 12.2 Å². The summed E-state index contributed by atoms with van der Waals surface area (Å²) in [5, 5.41) is 8.07. The third-order valence-corrected chi connectivity index (χ3v) is 5.80. The predicted molar refractivity (Wildman–Crippen MR) is 132 cm³/mol. The van der Waals surface area contributed by atoms with Crippen LogP contribution in [0.15, 0.2) is 63.6 Å². The first kappa shape index (κ1) is 24.4. The number of carbonyl (C=O) groups is 2. The van der Waals surface area contributed by atoms with Crippen LogP contribution in [-0.4, -0.2) is 51.3 Å². The summed E-state index contributed by atoms with van der Waals surface area (Å²) < 4.78 is 21.4. The van der Waals surface area contributed by atoms with E-state index in [0.717, 1.165) is 17.7 Å². The molecule has 2 aromatic carbocycles. The second-order valence-corrected chi connectivity index (χ2v) is 9.81. The van der Waals surface area contributed by atoms with Crippen molar-refractivity contribution in [3.63, 3.8) is 0 Å². The maximum atomic E-state index is 12.2. The molecule has 1 aliphatic rings. The normalized spacial score (nSPS) is 14.2. The summed E-state index contributed by atoms with van der Waals surface area (Å²) in [6.45, 7) is 8.01. The Morgan fingerprint density at radius 1 is 1.03 bits per heavy atom. The third kappa shape index (κ3) is 5.44. The van der Waals surface area contributed by atoms with Crippen molar-refractivity contribution in [2.45, 2.75) is 32.9 Å². The molecule has 1 fully saturated rings. The average Bonchev–Trinajstić information content (AvgIpc) is 3.49. The molecule has 0 amide bonds. The molecule has 0 saturated carbocycles. The van der Waals surface area contributed by atoms with Crippen LogP contribution in [0, 0.1) is 5.92 Å². The van der Waals surface area contributed by atoms with Crippen molar-refractivity contribution >= 4 is 12.4 Å². The molecule has 0 bridgehead atoms. The van der Waals surface area contributed by atoms with Gasteiger partial charge in [-0.05, 0) is 26.3 Å². The van der Waals surface area contributed by atoms with Gasteiger partial charge in [-0.2, -0.15) is 4.98 Å². The Hall–Kier alpha value is -4.31. The fraction of sp³-hybridized carbons (Fsp3) is 0.296. The Labute approximate surface area is 213 Å². The lowest BCUT2D eigenvalue weighted by Gasteiger charge is -2.38. The Kier molecular flexibility index (Phi) is 6.58. The smallest absolute Gasteiger partial charge is 0.312 e. The van der Waals surface area contributed by atoms with Crippen LogP contribution in [0.5, 0.6) is 5.75 Å². The lowest BCUT2D eigenvalue weighted by molar-refractivity contribution is -0.166. The summed E-state index contributed by atoms with van der Waals surface area (Å²) in [5.74, 6) is 0.341. The lowest BCUT2D eigenvalue weighted by Crippen LogP contribution is -2.51. The molecular formula is C27H26N4O6. The van der Waals surface area contributed by atoms with Gasteiger partial charge in [0.2, 0.25) is 11.6 Å². The van der Waals surface area contributed by atoms with Crippen molar-refractivity contribution in [3.8, 4) is 40.0 Å². The van der Waals surface area contributed by atoms with Crippen molar-refractivity contribution in [3.05, 3.63) is 60.2 Å². The Morgan fingerprint density at radius 3 is 2.43 bits per heavy atom. The number of hydrogen-bond donors (Lipinski definition) is 0. The van der Waals surface area contributed by atoms with Crippen LogP contribution in [0.2, 0.25) is 0 Å². The van der Waals surface area contributed by atoms with E-state index >= 15 is 0 Å². The first-order chi connectivity index (χ1) is 17.8. The monoisotopic (exact) mass is 502 g/mol. The maximum Gasteiger partial charge on any atom is 0.312 e. The minimum Gasteiger partial charge on any atom is -0.460 e. The zero-order chi connectivity index (χ0) is 26.0. The molecule has 1 saturated heterocycles. The van der Waals surface area contributed by atoms with Gasteiger partial charge < -0.3 is 18.5 Å². The van der Waals surface area contributed by atoms with E-state index in [4.69, 9.17) is 18.5 Å². The van der Waals surface area contributed by atoms with Gasteiger partial charge in [-0.25, -0.2) is 0 Å². The molecule has 4 aromatic rings. The van der Waals surface area contributed by atoms with Gasteiger partial charge in [-0.1, -0.05) is 64.9 Å². The number of rotatable bonds is 8. The van der Waals surface area contributed by atoms with Crippen molar-refractivity contribution < 1.29 is 28.1 Å². The first-order valence-electron chi connectivity index (χ1n) is 11.8. The first-order valence-corrected chi connectivity index (χ1v) is 11.8. The summed E-state index contributed by atoms with van der Waals surface area (Å²) in [7, 11) is 0. The van der Waals surface area contributed by atoms with Crippen molar-refractivity contribution in [2.24, 2.45) is 5.92 Å². The van der Waals surface area contributed by atoms with Crippen LogP contribution in [0.3, 0.4) is 0 Å². The average molecular weight is 503 g/mol. The third-order valence-electron chi connectivity index (χ3n) is 5.80. The van der Waals surface area contributed by atoms with Crippen LogP contribution < -0.4 is 4.74 Å². The number of benzene rings is 2. The Morgan fingerprint density at radius 2 is 1.76 bits per heavy atom. The topological polar surface area (TPSA) is 121 Å². The van der Waals surface area contributed by atoms with Crippen molar-refractivity contribution in [2.75, 3.05) is 13.1 Å². The standard InChI is InChI=1S/C27H26N4O6/c1-27(2,3)35-26(33)20-14-31(15-20)13-17-9-11-19(12-10-17)24-28-25(37-30-24)23-22(34-16-32)21(29-36-23)18-7-5-4-6-8-18/h4-12,16,20H,13-15H2,1-3H3. The quantitative estimate of drug-likeness (QED) is 0.254. The molecule has 0 atom stereocenters. The van der Waals surface area contributed by atoms with Gasteiger partial charge >= 0.3 is 11.9 Å². The van der Waals surface area contributed by atoms with Crippen molar-refractivity contribution in [1.29, 1.82) is 0 Å². The summed E-state index contributed by atoms with van der Waals surface area (Å²) in [6.07, 6.45) is 0. The molecular weight excluding hydrogens is 476 g/mol. The molecule has 0 radical (unpaired) electrons. The van der Waals surface area contributed by atoms with E-state index in [-0.39, 0.29) is 29.3 Å². The molecule has 0 aliphatic carbocycles. The highest BCUT2D eigenvalue weighted by Gasteiger charge is 2.35. The lowest BCUT2D eigenvalue weighted by atomic mass is 9.98. The zero-order valence-corrected chi connectivity index (χ0v) is 20.7. The van der Waals surface area contributed by atoms with Gasteiger partial charge in [-0.15, -0.1) is 0 Å². The molecule has 10 heteroatoms. The molecule has 0 N–H and O–H groups in total. The van der Waals surface area contributed by atoms with Gasteiger partial charge in [0.15, 0.2) is 5.69 Å². The fourth-order valence-electron chi connectivity index (χ4n) is 4.04. The number of carbonyl (C=O) groups excluding carboxylic acids is 2. The molecule has 5 rings (SSSR count). The highest BCUT2D eigenvalue weighted by molar-refractivity contribution is 5.76. The molecule has 10 nitrogen and oxygen atoms in total. The number of hydrogen-bond acceptors (Lipinski definition) is 10. The van der Waals surface area contributed by atoms with Crippen LogP contribution in [0.25, 0.3) is 34.3 Å². The van der Waals surface area contributed by atoms with E-state index in [9.17, 15) is 9.59 Å². The van der Waals surface area contributed by atoms with Crippen LogP contribution in [0.4, 0.5) is 0 Å². The number of likely N-dealkylation sites (tertiary alicyclic amines) is 1. The molecule has 190 valence electrons. The van der Waals surface area contributed by atoms with Crippen LogP contribution in [-0.2, 0) is 20.9 Å². The molecule has 37 heavy (non-hydrogen) atoms. The Bertz CT molecular complexity index is 1380. The van der Waals surface area contributed by atoms with Crippen molar-refractivity contribution in [1.82, 2.24) is 20.2 Å². The summed E-state index contributed by atoms with van der Waals surface area (Å²) >= 11 is 0. The minimum atomic E-state index is -0.469. The zero-order valence-electron chi connectivity index (χ0n) is 20.7. The van der Waals surface area contributed by atoms with Crippen LogP contribution in [0.1, 0.15) is 26.3 Å². The van der Waals surface area contributed by atoms with E-state index in [1.54, 1.807) is 0 Å². The minimum absolute atomic E-state index is 0.0411. The number of ether oxygens (including phenoxy) is 2. The molecule has 1 aliphatic heterocycles.